The molecule has 0 atom stereocenters. The number of anilines is 1. The second-order valence-electron chi connectivity index (χ2n) is 6.50. The number of carbonyl (C=O) groups excluding carboxylic acids is 1. The molecule has 0 fully saturated rings. The Balaban J connectivity index is 1.54. The second-order valence-corrected chi connectivity index (χ2v) is 7.35. The fourth-order valence-electron chi connectivity index (χ4n) is 3.07. The van der Waals surface area contributed by atoms with Crippen molar-refractivity contribution in [2.24, 2.45) is 7.05 Å². The lowest BCUT2D eigenvalue weighted by atomic mass is 10.1. The predicted molar refractivity (Wildman–Crippen MR) is 110 cm³/mol. The van der Waals surface area contributed by atoms with Crippen LogP contribution < -0.4 is 5.32 Å². The Bertz CT molecular complexity index is 1170. The molecule has 4 aromatic rings. The first-order valence-corrected chi connectivity index (χ1v) is 9.94. The summed E-state index contributed by atoms with van der Waals surface area (Å²) in [5.74, 6) is -0.628. The van der Waals surface area contributed by atoms with E-state index in [-0.39, 0.29) is 11.7 Å². The summed E-state index contributed by atoms with van der Waals surface area (Å²) in [6.07, 6.45) is 1.79. The predicted octanol–water partition coefficient (Wildman–Crippen LogP) is 4.13. The monoisotopic (exact) mass is 410 g/mol. The molecule has 148 valence electrons. The third kappa shape index (κ3) is 3.68. The summed E-state index contributed by atoms with van der Waals surface area (Å²) in [5.41, 5.74) is 4.48. The Labute approximate surface area is 170 Å². The Morgan fingerprint density at radius 2 is 2.00 bits per heavy atom. The highest BCUT2D eigenvalue weighted by Crippen LogP contribution is 2.28. The van der Waals surface area contributed by atoms with Crippen LogP contribution in [-0.4, -0.2) is 30.5 Å². The van der Waals surface area contributed by atoms with Gasteiger partial charge in [-0.05, 0) is 44.2 Å². The van der Waals surface area contributed by atoms with Crippen LogP contribution in [0.2, 0.25) is 0 Å². The van der Waals surface area contributed by atoms with E-state index in [1.54, 1.807) is 31.4 Å². The number of aryl methyl sites for hydroxylation is 2. The fraction of sp³-hybridized carbons (Fsp3) is 0.200. The molecule has 0 unspecified atom stereocenters. The number of carbonyl (C=O) groups is 1. The number of benzene rings is 1. The van der Waals surface area contributed by atoms with Crippen molar-refractivity contribution in [1.82, 2.24) is 24.5 Å². The number of nitrogens with zero attached hydrogens (tertiary/aromatic N) is 5. The molecule has 3 heterocycles. The van der Waals surface area contributed by atoms with Gasteiger partial charge in [0, 0.05) is 35.8 Å². The summed E-state index contributed by atoms with van der Waals surface area (Å²) in [6.45, 7) is 4.82. The number of hydrogen-bond acceptors (Lipinski definition) is 5. The quantitative estimate of drug-likeness (QED) is 0.537. The topological polar surface area (TPSA) is 77.6 Å². The van der Waals surface area contributed by atoms with Crippen LogP contribution >= 0.6 is 11.3 Å². The summed E-state index contributed by atoms with van der Waals surface area (Å²) >= 11 is 1.35. The third-order valence-corrected chi connectivity index (χ3v) is 5.41. The van der Waals surface area contributed by atoms with Gasteiger partial charge in [0.2, 0.25) is 0 Å². The van der Waals surface area contributed by atoms with Crippen LogP contribution in [0.5, 0.6) is 0 Å². The molecule has 0 saturated heterocycles. The number of amides is 1. The van der Waals surface area contributed by atoms with Gasteiger partial charge in [-0.2, -0.15) is 10.2 Å². The molecule has 0 aliphatic heterocycles. The van der Waals surface area contributed by atoms with Crippen molar-refractivity contribution < 1.29 is 9.18 Å². The first kappa shape index (κ1) is 19.0. The molecule has 0 aliphatic carbocycles. The average molecular weight is 410 g/mol. The number of rotatable bonds is 5. The maximum Gasteiger partial charge on any atom is 0.275 e. The summed E-state index contributed by atoms with van der Waals surface area (Å²) in [4.78, 5) is 17.2. The zero-order valence-electron chi connectivity index (χ0n) is 16.2. The number of thiazole rings is 1. The maximum absolute atomic E-state index is 13.1. The van der Waals surface area contributed by atoms with Crippen molar-refractivity contribution in [2.45, 2.75) is 20.4 Å². The van der Waals surface area contributed by atoms with Crippen LogP contribution in [0, 0.1) is 12.7 Å². The highest BCUT2D eigenvalue weighted by atomic mass is 32.1. The second kappa shape index (κ2) is 7.59. The van der Waals surface area contributed by atoms with Gasteiger partial charge in [0.15, 0.2) is 5.13 Å². The molecule has 4 rings (SSSR count). The van der Waals surface area contributed by atoms with Crippen molar-refractivity contribution in [2.75, 3.05) is 5.32 Å². The first-order valence-electron chi connectivity index (χ1n) is 9.06. The van der Waals surface area contributed by atoms with Gasteiger partial charge in [-0.1, -0.05) is 0 Å². The maximum atomic E-state index is 13.1. The summed E-state index contributed by atoms with van der Waals surface area (Å²) in [5, 5.41) is 13.9. The molecule has 7 nitrogen and oxygen atoms in total. The zero-order chi connectivity index (χ0) is 20.5. The Kier molecular flexibility index (Phi) is 4.98. The van der Waals surface area contributed by atoms with Gasteiger partial charge in [-0.15, -0.1) is 11.3 Å². The number of aromatic nitrogens is 5. The average Bonchev–Trinajstić information content (AvgIpc) is 3.41. The van der Waals surface area contributed by atoms with E-state index in [4.69, 9.17) is 0 Å². The van der Waals surface area contributed by atoms with Crippen molar-refractivity contribution in [3.05, 3.63) is 59.1 Å². The minimum atomic E-state index is -0.318. The highest BCUT2D eigenvalue weighted by Gasteiger charge is 2.17. The highest BCUT2D eigenvalue weighted by molar-refractivity contribution is 7.14. The normalized spacial score (nSPS) is 11.0. The molecular weight excluding hydrogens is 391 g/mol. The van der Waals surface area contributed by atoms with Crippen molar-refractivity contribution >= 4 is 22.4 Å². The molecule has 0 radical (unpaired) electrons. The van der Waals surface area contributed by atoms with Crippen LogP contribution in [0.3, 0.4) is 0 Å². The molecule has 0 aliphatic rings. The molecule has 0 spiro atoms. The largest absolute Gasteiger partial charge is 0.296 e. The molecule has 1 aromatic carbocycles. The van der Waals surface area contributed by atoms with E-state index >= 15 is 0 Å². The Morgan fingerprint density at radius 1 is 1.24 bits per heavy atom. The molecule has 9 heteroatoms. The lowest BCUT2D eigenvalue weighted by Gasteiger charge is -2.01. The van der Waals surface area contributed by atoms with E-state index in [1.807, 2.05) is 23.9 Å². The van der Waals surface area contributed by atoms with E-state index in [9.17, 15) is 9.18 Å². The third-order valence-electron chi connectivity index (χ3n) is 4.66. The van der Waals surface area contributed by atoms with E-state index < -0.39 is 0 Å². The first-order chi connectivity index (χ1) is 14.0. The SMILES string of the molecule is CCn1ncc(-c2csc(NC(=O)c3cc(-c4ccc(F)cc4)nn3C)n2)c1C. The zero-order valence-corrected chi connectivity index (χ0v) is 17.0. The lowest BCUT2D eigenvalue weighted by Crippen LogP contribution is -2.15. The molecule has 1 amide bonds. The van der Waals surface area contributed by atoms with Crippen LogP contribution in [0.15, 0.2) is 41.9 Å². The van der Waals surface area contributed by atoms with E-state index in [1.165, 1.54) is 28.2 Å². The number of halogens is 1. The van der Waals surface area contributed by atoms with Gasteiger partial charge in [0.25, 0.3) is 5.91 Å². The van der Waals surface area contributed by atoms with Gasteiger partial charge in [-0.25, -0.2) is 9.37 Å². The number of nitrogens with one attached hydrogen (secondary N) is 1. The van der Waals surface area contributed by atoms with E-state index in [0.717, 1.165) is 29.1 Å². The smallest absolute Gasteiger partial charge is 0.275 e. The molecule has 1 N–H and O–H groups in total. The van der Waals surface area contributed by atoms with Crippen LogP contribution in [0.25, 0.3) is 22.5 Å². The van der Waals surface area contributed by atoms with Gasteiger partial charge < -0.3 is 0 Å². The lowest BCUT2D eigenvalue weighted by molar-refractivity contribution is 0.101. The van der Waals surface area contributed by atoms with Crippen molar-refractivity contribution in [3.8, 4) is 22.5 Å². The summed E-state index contributed by atoms with van der Waals surface area (Å²) < 4.78 is 16.5. The molecule has 29 heavy (non-hydrogen) atoms. The minimum absolute atomic E-state index is 0.310. The van der Waals surface area contributed by atoms with E-state index in [0.29, 0.717) is 16.5 Å². The van der Waals surface area contributed by atoms with E-state index in [2.05, 4.69) is 20.5 Å². The molecule has 3 aromatic heterocycles. The van der Waals surface area contributed by atoms with Crippen LogP contribution in [-0.2, 0) is 13.6 Å². The summed E-state index contributed by atoms with van der Waals surface area (Å²) in [6, 6.07) is 7.66. The minimum Gasteiger partial charge on any atom is -0.296 e. The number of hydrogen-bond donors (Lipinski definition) is 1. The van der Waals surface area contributed by atoms with Crippen molar-refractivity contribution in [3.63, 3.8) is 0 Å². The van der Waals surface area contributed by atoms with Gasteiger partial charge in [0.1, 0.15) is 11.5 Å². The summed E-state index contributed by atoms with van der Waals surface area (Å²) in [7, 11) is 1.69. The molecule has 0 saturated carbocycles. The van der Waals surface area contributed by atoms with Gasteiger partial charge in [-0.3, -0.25) is 19.5 Å². The fourth-order valence-corrected chi connectivity index (χ4v) is 3.78. The Morgan fingerprint density at radius 3 is 2.69 bits per heavy atom. The van der Waals surface area contributed by atoms with Gasteiger partial charge >= 0.3 is 0 Å². The van der Waals surface area contributed by atoms with Crippen LogP contribution in [0.4, 0.5) is 9.52 Å². The van der Waals surface area contributed by atoms with Crippen molar-refractivity contribution in [1.29, 1.82) is 0 Å². The molecule has 0 bridgehead atoms. The van der Waals surface area contributed by atoms with Crippen LogP contribution in [0.1, 0.15) is 23.1 Å². The van der Waals surface area contributed by atoms with Gasteiger partial charge in [0.05, 0.1) is 17.6 Å². The standard InChI is InChI=1S/C20H19FN6OS/c1-4-27-12(2)15(10-22-27)17-11-29-20(23-17)24-19(28)18-9-16(25-26(18)3)13-5-7-14(21)8-6-13/h5-11H,4H2,1-3H3,(H,23,24,28). The molecular formula is C20H19FN6OS. The Hall–Kier alpha value is -3.33.